The monoisotopic (exact) mass is 601 g/mol. The van der Waals surface area contributed by atoms with E-state index in [-0.39, 0.29) is 18.3 Å². The Morgan fingerprint density at radius 3 is 2.48 bits per heavy atom. The smallest absolute Gasteiger partial charge is 0.309 e. The number of rotatable bonds is 9. The van der Waals surface area contributed by atoms with Gasteiger partial charge < -0.3 is 15.1 Å². The zero-order chi connectivity index (χ0) is 30.0. The molecule has 0 saturated heterocycles. The molecule has 1 aromatic heterocycles. The van der Waals surface area contributed by atoms with Gasteiger partial charge >= 0.3 is 11.9 Å². The van der Waals surface area contributed by atoms with Crippen molar-refractivity contribution in [3.63, 3.8) is 0 Å². The Morgan fingerprint density at radius 1 is 0.976 bits per heavy atom. The number of aryl methyl sites for hydroxylation is 3. The Kier molecular flexibility index (Phi) is 8.76. The molecule has 2 aliphatic rings. The van der Waals surface area contributed by atoms with Gasteiger partial charge in [-0.1, -0.05) is 67.3 Å². The molecule has 3 aromatic rings. The molecule has 0 atom stereocenters. The zero-order valence-electron chi connectivity index (χ0n) is 24.5. The SMILES string of the molecule is Cc1ccc2c(c1)S/C(=C\C=C1C=C(/C=C/c3sc4cc(C)ccc4[n+]3CCC(=O)O)CC(C)(C)C\1)N2CCC(=O)O. The first-order valence-corrected chi connectivity index (χ1v) is 15.8. The number of thioether (sulfide) groups is 1. The van der Waals surface area contributed by atoms with Crippen molar-refractivity contribution in [2.75, 3.05) is 11.4 Å². The van der Waals surface area contributed by atoms with E-state index in [9.17, 15) is 19.8 Å². The molecule has 1 aliphatic heterocycles. The lowest BCUT2D eigenvalue weighted by molar-refractivity contribution is -0.667. The number of carboxylic acids is 2. The highest BCUT2D eigenvalue weighted by atomic mass is 32.2. The maximum Gasteiger partial charge on any atom is 0.309 e. The highest BCUT2D eigenvalue weighted by molar-refractivity contribution is 8.03. The summed E-state index contributed by atoms with van der Waals surface area (Å²) in [6.07, 6.45) is 12.9. The average molecular weight is 602 g/mol. The summed E-state index contributed by atoms with van der Waals surface area (Å²) >= 11 is 3.38. The second kappa shape index (κ2) is 12.3. The molecule has 1 aliphatic carbocycles. The summed E-state index contributed by atoms with van der Waals surface area (Å²) in [5.74, 6) is -1.60. The fraction of sp³-hybridized carbons (Fsp3) is 0.324. The molecular formula is C34H37N2O4S2+. The van der Waals surface area contributed by atoms with E-state index in [2.05, 4.69) is 104 Å². The molecule has 218 valence electrons. The quantitative estimate of drug-likeness (QED) is 0.243. The van der Waals surface area contributed by atoms with Crippen LogP contribution in [0.25, 0.3) is 16.3 Å². The van der Waals surface area contributed by atoms with Gasteiger partial charge in [-0.25, -0.2) is 0 Å². The minimum atomic E-state index is -0.801. The molecule has 0 amide bonds. The molecule has 6 nitrogen and oxygen atoms in total. The lowest BCUT2D eigenvalue weighted by Crippen LogP contribution is -2.36. The van der Waals surface area contributed by atoms with Crippen molar-refractivity contribution in [3.05, 3.63) is 93.0 Å². The summed E-state index contributed by atoms with van der Waals surface area (Å²) in [4.78, 5) is 26.0. The largest absolute Gasteiger partial charge is 0.481 e. The van der Waals surface area contributed by atoms with E-state index in [1.165, 1.54) is 22.3 Å². The van der Waals surface area contributed by atoms with Gasteiger partial charge in [0.1, 0.15) is 11.1 Å². The molecule has 2 heterocycles. The summed E-state index contributed by atoms with van der Waals surface area (Å²) in [6.45, 7) is 9.57. The molecule has 0 fully saturated rings. The van der Waals surface area contributed by atoms with Gasteiger partial charge in [0.15, 0.2) is 6.54 Å². The van der Waals surface area contributed by atoms with E-state index >= 15 is 0 Å². The minimum absolute atomic E-state index is 0.0768. The van der Waals surface area contributed by atoms with Crippen molar-refractivity contribution in [1.82, 2.24) is 0 Å². The van der Waals surface area contributed by atoms with Crippen LogP contribution < -0.4 is 9.47 Å². The van der Waals surface area contributed by atoms with E-state index in [0.29, 0.717) is 13.1 Å². The number of hydrogen-bond acceptors (Lipinski definition) is 5. The van der Waals surface area contributed by atoms with E-state index < -0.39 is 11.9 Å². The molecule has 5 rings (SSSR count). The lowest BCUT2D eigenvalue weighted by Gasteiger charge is -2.30. The molecule has 0 radical (unpaired) electrons. The topological polar surface area (TPSA) is 81.7 Å². The summed E-state index contributed by atoms with van der Waals surface area (Å²) in [6, 6.07) is 12.6. The predicted octanol–water partition coefficient (Wildman–Crippen LogP) is 7.89. The molecule has 2 N–H and O–H groups in total. The molecule has 0 saturated carbocycles. The third kappa shape index (κ3) is 7.05. The molecule has 8 heteroatoms. The van der Waals surface area contributed by atoms with Gasteiger partial charge in [0, 0.05) is 23.6 Å². The van der Waals surface area contributed by atoms with Crippen molar-refractivity contribution in [2.24, 2.45) is 5.41 Å². The van der Waals surface area contributed by atoms with Gasteiger partial charge in [0.05, 0.1) is 17.1 Å². The van der Waals surface area contributed by atoms with Crippen LogP contribution >= 0.6 is 23.1 Å². The number of aliphatic carboxylic acids is 2. The Bertz CT molecular complexity index is 1680. The second-order valence-electron chi connectivity index (χ2n) is 11.9. The third-order valence-electron chi connectivity index (χ3n) is 7.49. The van der Waals surface area contributed by atoms with Crippen molar-refractivity contribution in [1.29, 1.82) is 0 Å². The van der Waals surface area contributed by atoms with Crippen molar-refractivity contribution >= 4 is 57.0 Å². The van der Waals surface area contributed by atoms with Crippen molar-refractivity contribution in [2.45, 2.75) is 64.8 Å². The van der Waals surface area contributed by atoms with Crippen LogP contribution in [0.4, 0.5) is 5.69 Å². The number of nitrogens with zero attached hydrogens (tertiary/aromatic N) is 2. The maximum absolute atomic E-state index is 11.4. The molecule has 0 spiro atoms. The second-order valence-corrected chi connectivity index (χ2v) is 14.0. The Balaban J connectivity index is 1.44. The van der Waals surface area contributed by atoms with Crippen LogP contribution in [-0.2, 0) is 16.1 Å². The van der Waals surface area contributed by atoms with Crippen LogP contribution in [0, 0.1) is 19.3 Å². The fourth-order valence-corrected chi connectivity index (χ4v) is 8.01. The van der Waals surface area contributed by atoms with E-state index in [1.807, 2.05) is 0 Å². The van der Waals surface area contributed by atoms with Crippen LogP contribution in [0.3, 0.4) is 0 Å². The third-order valence-corrected chi connectivity index (χ3v) is 9.71. The summed E-state index contributed by atoms with van der Waals surface area (Å²) in [5.41, 5.74) is 7.05. The standard InChI is InChI=1S/C34H36N2O4S2/c1-22-5-9-26-28(17-22)41-30(35(26)15-13-32(37)38)11-7-24-19-25(21-34(3,4)20-24)8-12-31-36(16-14-33(39)40)27-10-6-23(2)18-29(27)42-31/h5-12,17-19H,13-16,20-21H2,1-4H3,(H-,37,38,39,40)/p+1. The number of allylic oxidation sites excluding steroid dienone is 6. The number of fused-ring (bicyclic) bond motifs is 2. The van der Waals surface area contributed by atoms with Crippen LogP contribution in [-0.4, -0.2) is 28.7 Å². The van der Waals surface area contributed by atoms with Crippen LogP contribution in [0.15, 0.2) is 81.8 Å². The Hall–Kier alpha value is -3.62. The number of carboxylic acid groups (broad SMARTS) is 2. The molecular weight excluding hydrogens is 565 g/mol. The van der Waals surface area contributed by atoms with Crippen LogP contribution in [0.2, 0.25) is 0 Å². The Morgan fingerprint density at radius 2 is 1.71 bits per heavy atom. The number of thiazole rings is 1. The Labute approximate surface area is 255 Å². The minimum Gasteiger partial charge on any atom is -0.481 e. The number of hydrogen-bond donors (Lipinski definition) is 2. The van der Waals surface area contributed by atoms with Gasteiger partial charge in [-0.2, -0.15) is 4.57 Å². The molecule has 0 bridgehead atoms. The van der Waals surface area contributed by atoms with Gasteiger partial charge in [0.25, 0.3) is 5.01 Å². The van der Waals surface area contributed by atoms with Crippen molar-refractivity contribution in [3.8, 4) is 0 Å². The van der Waals surface area contributed by atoms with Gasteiger partial charge in [-0.3, -0.25) is 9.59 Å². The van der Waals surface area contributed by atoms with Crippen LogP contribution in [0.5, 0.6) is 0 Å². The van der Waals surface area contributed by atoms with Crippen molar-refractivity contribution < 1.29 is 24.4 Å². The number of aromatic nitrogens is 1. The zero-order valence-corrected chi connectivity index (χ0v) is 26.1. The lowest BCUT2D eigenvalue weighted by atomic mass is 9.75. The number of carbonyl (C=O) groups is 2. The summed E-state index contributed by atoms with van der Waals surface area (Å²) in [7, 11) is 0. The summed E-state index contributed by atoms with van der Waals surface area (Å²) in [5, 5.41) is 20.7. The summed E-state index contributed by atoms with van der Waals surface area (Å²) < 4.78 is 3.27. The highest BCUT2D eigenvalue weighted by Crippen LogP contribution is 2.47. The van der Waals surface area contributed by atoms with E-state index in [1.54, 1.807) is 23.1 Å². The predicted molar refractivity (Wildman–Crippen MR) is 172 cm³/mol. The first-order chi connectivity index (χ1) is 20.0. The van der Waals surface area contributed by atoms with Gasteiger partial charge in [0.2, 0.25) is 5.52 Å². The highest BCUT2D eigenvalue weighted by Gasteiger charge is 2.27. The molecule has 2 aromatic carbocycles. The average Bonchev–Trinajstić information content (AvgIpc) is 3.43. The fourth-order valence-electron chi connectivity index (χ4n) is 5.63. The van der Waals surface area contributed by atoms with Crippen LogP contribution in [0.1, 0.15) is 55.7 Å². The van der Waals surface area contributed by atoms with E-state index in [4.69, 9.17) is 0 Å². The van der Waals surface area contributed by atoms with Gasteiger partial charge in [-0.05, 0) is 78.7 Å². The number of anilines is 1. The maximum atomic E-state index is 11.4. The molecule has 0 unspecified atom stereocenters. The first kappa shape index (κ1) is 29.9. The number of benzene rings is 2. The molecule has 42 heavy (non-hydrogen) atoms. The van der Waals surface area contributed by atoms with E-state index in [0.717, 1.165) is 43.7 Å². The van der Waals surface area contributed by atoms with Gasteiger partial charge in [-0.15, -0.1) is 0 Å². The first-order valence-electron chi connectivity index (χ1n) is 14.2. The normalized spacial score (nSPS) is 18.3.